The Kier molecular flexibility index (Phi) is 1.96. The molecule has 72 valence electrons. The highest BCUT2D eigenvalue weighted by molar-refractivity contribution is 6.39. The van der Waals surface area contributed by atoms with E-state index in [2.05, 4.69) is 0 Å². The number of fused-ring (bicyclic) bond motifs is 1. The average Bonchev–Trinajstić information content (AvgIpc) is 2.19. The molecule has 1 heterocycles. The monoisotopic (exact) mass is 192 g/mol. The minimum atomic E-state index is -0.808. The minimum Gasteiger partial charge on any atom is -0.497 e. The summed E-state index contributed by atoms with van der Waals surface area (Å²) in [4.78, 5) is 21.9. The maximum atomic E-state index is 11.0. The number of carbonyl (C=O) groups is 2. The molecule has 0 fully saturated rings. The van der Waals surface area contributed by atoms with Gasteiger partial charge in [0.2, 0.25) is 0 Å². The van der Waals surface area contributed by atoms with Crippen LogP contribution in [0.25, 0.3) is 0 Å². The Labute approximate surface area is 80.5 Å². The van der Waals surface area contributed by atoms with Crippen molar-refractivity contribution in [2.24, 2.45) is 0 Å². The van der Waals surface area contributed by atoms with Crippen LogP contribution in [0.4, 0.5) is 0 Å². The number of hydrogen-bond donors (Lipinski definition) is 0. The van der Waals surface area contributed by atoms with Gasteiger partial charge in [0.1, 0.15) is 11.9 Å². The first-order valence-electron chi connectivity index (χ1n) is 4.11. The van der Waals surface area contributed by atoms with Crippen LogP contribution in [0, 0.1) is 0 Å². The van der Waals surface area contributed by atoms with Gasteiger partial charge < -0.3 is 9.47 Å². The van der Waals surface area contributed by atoms with E-state index in [1.165, 1.54) is 13.2 Å². The van der Waals surface area contributed by atoms with E-state index in [4.69, 9.17) is 9.47 Å². The number of hydrogen-bond acceptors (Lipinski definition) is 4. The van der Waals surface area contributed by atoms with Gasteiger partial charge in [0, 0.05) is 11.6 Å². The molecular formula is C10H8O4. The number of allylic oxidation sites excluding steroid dienone is 1. The molecule has 2 rings (SSSR count). The van der Waals surface area contributed by atoms with Crippen LogP contribution in [0.1, 0.15) is 0 Å². The summed E-state index contributed by atoms with van der Waals surface area (Å²) in [5.74, 6) is -0.797. The van der Waals surface area contributed by atoms with Gasteiger partial charge in [0.15, 0.2) is 0 Å². The number of esters is 1. The van der Waals surface area contributed by atoms with E-state index in [-0.39, 0.29) is 0 Å². The topological polar surface area (TPSA) is 52.6 Å². The third-order valence-corrected chi connectivity index (χ3v) is 2.04. The lowest BCUT2D eigenvalue weighted by Gasteiger charge is -2.22. The van der Waals surface area contributed by atoms with Gasteiger partial charge in [0.05, 0.1) is 7.11 Å². The van der Waals surface area contributed by atoms with Crippen molar-refractivity contribution in [3.05, 3.63) is 35.6 Å². The molecule has 1 aliphatic carbocycles. The minimum absolute atomic E-state index is 0.445. The van der Waals surface area contributed by atoms with Gasteiger partial charge >= 0.3 is 5.97 Å². The number of ether oxygens (including phenoxy) is 2. The van der Waals surface area contributed by atoms with Crippen molar-refractivity contribution in [1.82, 2.24) is 0 Å². The summed E-state index contributed by atoms with van der Waals surface area (Å²) in [5, 5.41) is 0. The van der Waals surface area contributed by atoms with Crippen molar-refractivity contribution in [2.45, 2.75) is 6.10 Å². The zero-order valence-electron chi connectivity index (χ0n) is 7.52. The smallest absolute Gasteiger partial charge is 0.379 e. The zero-order chi connectivity index (χ0) is 10.1. The van der Waals surface area contributed by atoms with E-state index in [9.17, 15) is 9.59 Å². The second kappa shape index (κ2) is 3.14. The Morgan fingerprint density at radius 2 is 2.14 bits per heavy atom. The number of carbonyl (C=O) groups excluding carboxylic acids is 2. The number of ketones is 1. The molecule has 2 aliphatic rings. The molecule has 14 heavy (non-hydrogen) atoms. The largest absolute Gasteiger partial charge is 0.497 e. The normalized spacial score (nSPS) is 24.8. The summed E-state index contributed by atoms with van der Waals surface area (Å²) in [6, 6.07) is 0. The fraction of sp³-hybridized carbons (Fsp3) is 0.200. The fourth-order valence-electron chi connectivity index (χ4n) is 1.33. The van der Waals surface area contributed by atoms with Crippen molar-refractivity contribution in [2.75, 3.05) is 7.11 Å². The molecule has 0 amide bonds. The molecule has 4 heteroatoms. The van der Waals surface area contributed by atoms with Crippen LogP contribution >= 0.6 is 0 Å². The van der Waals surface area contributed by atoms with E-state index >= 15 is 0 Å². The molecule has 0 radical (unpaired) electrons. The van der Waals surface area contributed by atoms with Gasteiger partial charge in [-0.25, -0.2) is 4.79 Å². The van der Waals surface area contributed by atoms with Crippen LogP contribution < -0.4 is 0 Å². The van der Waals surface area contributed by atoms with Crippen LogP contribution in [0.2, 0.25) is 0 Å². The highest BCUT2D eigenvalue weighted by atomic mass is 16.5. The molecule has 1 atom stereocenters. The molecule has 0 aromatic carbocycles. The molecule has 0 bridgehead atoms. The van der Waals surface area contributed by atoms with Crippen molar-refractivity contribution < 1.29 is 19.1 Å². The summed E-state index contributed by atoms with van der Waals surface area (Å²) in [6.45, 7) is 0. The van der Waals surface area contributed by atoms with E-state index in [1.54, 1.807) is 18.2 Å². The molecule has 0 spiro atoms. The molecule has 4 nitrogen and oxygen atoms in total. The molecular weight excluding hydrogens is 184 g/mol. The predicted octanol–water partition coefficient (Wildman–Crippen LogP) is 0.507. The maximum Gasteiger partial charge on any atom is 0.379 e. The standard InChI is InChI=1S/C10H8O4/c1-13-7-2-3-9-6(4-7)5-8(11)10(12)14-9/h2-5,9H,1H3. The maximum absolute atomic E-state index is 11.0. The lowest BCUT2D eigenvalue weighted by Crippen LogP contribution is -2.30. The van der Waals surface area contributed by atoms with Crippen molar-refractivity contribution >= 4 is 11.8 Å². The Morgan fingerprint density at radius 1 is 1.36 bits per heavy atom. The van der Waals surface area contributed by atoms with Gasteiger partial charge in [-0.3, -0.25) is 4.79 Å². The van der Waals surface area contributed by atoms with Crippen molar-refractivity contribution in [3.63, 3.8) is 0 Å². The van der Waals surface area contributed by atoms with Gasteiger partial charge in [-0.2, -0.15) is 0 Å². The quantitative estimate of drug-likeness (QED) is 0.448. The number of methoxy groups -OCH3 is 1. The van der Waals surface area contributed by atoms with E-state index in [1.807, 2.05) is 0 Å². The SMILES string of the molecule is COC1=CC2=CC(=O)C(=O)OC2C=C1. The molecule has 1 aliphatic heterocycles. The summed E-state index contributed by atoms with van der Waals surface area (Å²) in [5.41, 5.74) is 0.647. The first-order chi connectivity index (χ1) is 6.70. The molecule has 0 aromatic rings. The Bertz CT molecular complexity index is 387. The summed E-state index contributed by atoms with van der Waals surface area (Å²) in [7, 11) is 1.54. The molecule has 1 unspecified atom stereocenters. The van der Waals surface area contributed by atoms with E-state index < -0.39 is 17.9 Å². The van der Waals surface area contributed by atoms with Crippen LogP contribution in [0.15, 0.2) is 35.6 Å². The van der Waals surface area contributed by atoms with E-state index in [0.717, 1.165) is 0 Å². The first-order valence-corrected chi connectivity index (χ1v) is 4.11. The third-order valence-electron chi connectivity index (χ3n) is 2.04. The lowest BCUT2D eigenvalue weighted by atomic mass is 10.00. The summed E-state index contributed by atoms with van der Waals surface area (Å²) >= 11 is 0. The predicted molar refractivity (Wildman–Crippen MR) is 47.2 cm³/mol. The second-order valence-electron chi connectivity index (χ2n) is 2.94. The molecule has 0 aromatic heterocycles. The van der Waals surface area contributed by atoms with Crippen molar-refractivity contribution in [3.8, 4) is 0 Å². The zero-order valence-corrected chi connectivity index (χ0v) is 7.52. The van der Waals surface area contributed by atoms with Crippen LogP contribution in [-0.4, -0.2) is 25.0 Å². The Morgan fingerprint density at radius 3 is 2.86 bits per heavy atom. The third kappa shape index (κ3) is 1.35. The first kappa shape index (κ1) is 8.74. The van der Waals surface area contributed by atoms with Gasteiger partial charge in [0.25, 0.3) is 5.78 Å². The van der Waals surface area contributed by atoms with E-state index in [0.29, 0.717) is 11.3 Å². The highest BCUT2D eigenvalue weighted by Gasteiger charge is 2.28. The average molecular weight is 192 g/mol. The highest BCUT2D eigenvalue weighted by Crippen LogP contribution is 2.22. The lowest BCUT2D eigenvalue weighted by molar-refractivity contribution is -0.154. The van der Waals surface area contributed by atoms with Crippen LogP contribution in [0.5, 0.6) is 0 Å². The van der Waals surface area contributed by atoms with Gasteiger partial charge in [-0.05, 0) is 18.2 Å². The summed E-state index contributed by atoms with van der Waals surface area (Å²) < 4.78 is 9.84. The van der Waals surface area contributed by atoms with Gasteiger partial charge in [-0.1, -0.05) is 0 Å². The van der Waals surface area contributed by atoms with Crippen LogP contribution in [-0.2, 0) is 19.1 Å². The Hall–Kier alpha value is -1.84. The number of rotatable bonds is 1. The Balaban J connectivity index is 2.35. The molecule has 0 saturated heterocycles. The summed E-state index contributed by atoms with van der Waals surface area (Å²) in [6.07, 6.45) is 5.88. The fourth-order valence-corrected chi connectivity index (χ4v) is 1.33. The van der Waals surface area contributed by atoms with Crippen LogP contribution in [0.3, 0.4) is 0 Å². The molecule has 0 saturated carbocycles. The molecule has 0 N–H and O–H groups in total. The van der Waals surface area contributed by atoms with Crippen molar-refractivity contribution in [1.29, 1.82) is 0 Å². The second-order valence-corrected chi connectivity index (χ2v) is 2.94. The van der Waals surface area contributed by atoms with Gasteiger partial charge in [-0.15, -0.1) is 0 Å².